The van der Waals surface area contributed by atoms with Gasteiger partial charge in [0.05, 0.1) is 12.1 Å². The third-order valence-corrected chi connectivity index (χ3v) is 8.23. The Kier molecular flexibility index (Phi) is 8.99. The fourth-order valence-electron chi connectivity index (χ4n) is 6.06. The van der Waals surface area contributed by atoms with E-state index in [2.05, 4.69) is 22.8 Å². The van der Waals surface area contributed by atoms with Crippen molar-refractivity contribution in [2.24, 2.45) is 0 Å². The molecule has 1 aliphatic heterocycles. The zero-order valence-electron chi connectivity index (χ0n) is 23.3. The third kappa shape index (κ3) is 6.53. The van der Waals surface area contributed by atoms with E-state index in [1.807, 2.05) is 48.5 Å². The Morgan fingerprint density at radius 1 is 1.02 bits per heavy atom. The summed E-state index contributed by atoms with van der Waals surface area (Å²) < 4.78 is 10.9. The normalized spacial score (nSPS) is 18.5. The van der Waals surface area contributed by atoms with Crippen molar-refractivity contribution in [2.75, 3.05) is 33.4 Å². The lowest BCUT2D eigenvalue weighted by Gasteiger charge is -2.43. The van der Waals surface area contributed by atoms with Gasteiger partial charge in [-0.25, -0.2) is 9.59 Å². The maximum atomic E-state index is 13.6. The Bertz CT molecular complexity index is 1400. The first-order valence-corrected chi connectivity index (χ1v) is 14.3. The first-order chi connectivity index (χ1) is 20.3. The molecule has 220 valence electrons. The Morgan fingerprint density at radius 2 is 1.67 bits per heavy atom. The molecule has 10 heteroatoms. The van der Waals surface area contributed by atoms with E-state index in [9.17, 15) is 19.5 Å². The number of likely N-dealkylation sites (tertiary alicyclic amines) is 1. The van der Waals surface area contributed by atoms with Crippen molar-refractivity contribution in [2.45, 2.75) is 36.8 Å². The molecule has 42 heavy (non-hydrogen) atoms. The van der Waals surface area contributed by atoms with E-state index in [4.69, 9.17) is 21.1 Å². The molecule has 0 aromatic heterocycles. The molecule has 1 fully saturated rings. The van der Waals surface area contributed by atoms with Gasteiger partial charge in [0.2, 0.25) is 5.91 Å². The van der Waals surface area contributed by atoms with Crippen molar-refractivity contribution < 1.29 is 29.0 Å². The van der Waals surface area contributed by atoms with E-state index in [1.165, 1.54) is 12.0 Å². The van der Waals surface area contributed by atoms with Gasteiger partial charge in [0.25, 0.3) is 0 Å². The lowest BCUT2D eigenvalue weighted by molar-refractivity contribution is -0.127. The SMILES string of the molecule is COCC(NC(=O)OCC1c2ccccc2-c2ccccc21)C(=O)N[C@@]1(Cc2ccc(Cl)cc2)CCCN(C(=O)O)C1. The summed E-state index contributed by atoms with van der Waals surface area (Å²) in [5, 5.41) is 16.0. The minimum atomic E-state index is -1.05. The van der Waals surface area contributed by atoms with Crippen molar-refractivity contribution in [3.05, 3.63) is 94.5 Å². The largest absolute Gasteiger partial charge is 0.465 e. The maximum absolute atomic E-state index is 13.6. The van der Waals surface area contributed by atoms with Crippen LogP contribution in [0.25, 0.3) is 11.1 Å². The van der Waals surface area contributed by atoms with E-state index in [-0.39, 0.29) is 25.7 Å². The van der Waals surface area contributed by atoms with E-state index < -0.39 is 29.7 Å². The molecule has 0 bridgehead atoms. The highest BCUT2D eigenvalue weighted by atomic mass is 35.5. The summed E-state index contributed by atoms with van der Waals surface area (Å²) in [5.74, 6) is -0.601. The maximum Gasteiger partial charge on any atom is 0.407 e. The van der Waals surface area contributed by atoms with E-state index >= 15 is 0 Å². The lowest BCUT2D eigenvalue weighted by Crippen LogP contribution is -2.64. The number of ether oxygens (including phenoxy) is 2. The fraction of sp³-hybridized carbons (Fsp3) is 0.344. The van der Waals surface area contributed by atoms with Gasteiger partial charge in [0.15, 0.2) is 0 Å². The van der Waals surface area contributed by atoms with Crippen LogP contribution in [0.1, 0.15) is 35.4 Å². The first-order valence-electron chi connectivity index (χ1n) is 13.9. The topological polar surface area (TPSA) is 117 Å². The molecule has 2 atom stereocenters. The third-order valence-electron chi connectivity index (χ3n) is 7.98. The number of hydrogen-bond donors (Lipinski definition) is 3. The number of halogens is 1. The highest BCUT2D eigenvalue weighted by Gasteiger charge is 2.40. The van der Waals surface area contributed by atoms with Crippen LogP contribution in [0.2, 0.25) is 5.02 Å². The number of methoxy groups -OCH3 is 1. The van der Waals surface area contributed by atoms with E-state index in [0.29, 0.717) is 30.8 Å². The van der Waals surface area contributed by atoms with Crippen LogP contribution in [0, 0.1) is 0 Å². The van der Waals surface area contributed by atoms with Crippen LogP contribution in [0.15, 0.2) is 72.8 Å². The van der Waals surface area contributed by atoms with Crippen molar-refractivity contribution in [3.8, 4) is 11.1 Å². The van der Waals surface area contributed by atoms with Crippen molar-refractivity contribution in [1.82, 2.24) is 15.5 Å². The van der Waals surface area contributed by atoms with Gasteiger partial charge in [-0.1, -0.05) is 72.3 Å². The van der Waals surface area contributed by atoms with Gasteiger partial charge in [-0.3, -0.25) is 4.79 Å². The summed E-state index contributed by atoms with van der Waals surface area (Å²) in [7, 11) is 1.44. The molecule has 3 aromatic carbocycles. The Balaban J connectivity index is 1.28. The number of carboxylic acid groups (broad SMARTS) is 1. The molecule has 0 radical (unpaired) electrons. The van der Waals surface area contributed by atoms with Gasteiger partial charge in [0, 0.05) is 31.1 Å². The fourth-order valence-corrected chi connectivity index (χ4v) is 6.18. The Morgan fingerprint density at radius 3 is 2.29 bits per heavy atom. The number of nitrogens with zero attached hydrogens (tertiary/aromatic N) is 1. The van der Waals surface area contributed by atoms with E-state index in [0.717, 1.165) is 27.8 Å². The van der Waals surface area contributed by atoms with Crippen LogP contribution < -0.4 is 10.6 Å². The van der Waals surface area contributed by atoms with Gasteiger partial charge < -0.3 is 30.1 Å². The molecule has 1 heterocycles. The van der Waals surface area contributed by atoms with Crippen molar-refractivity contribution >= 4 is 29.7 Å². The molecule has 0 saturated carbocycles. The number of fused-ring (bicyclic) bond motifs is 3. The van der Waals surface area contributed by atoms with Gasteiger partial charge in [-0.05, 0) is 59.2 Å². The molecule has 9 nitrogen and oxygen atoms in total. The van der Waals surface area contributed by atoms with Crippen LogP contribution in [-0.4, -0.2) is 73.1 Å². The smallest absolute Gasteiger partial charge is 0.407 e. The van der Waals surface area contributed by atoms with E-state index in [1.54, 1.807) is 12.1 Å². The summed E-state index contributed by atoms with van der Waals surface area (Å²) in [6.45, 7) is 0.513. The van der Waals surface area contributed by atoms with Crippen molar-refractivity contribution in [3.63, 3.8) is 0 Å². The van der Waals surface area contributed by atoms with Gasteiger partial charge in [-0.15, -0.1) is 0 Å². The second kappa shape index (κ2) is 12.8. The first kappa shape index (κ1) is 29.4. The highest BCUT2D eigenvalue weighted by Crippen LogP contribution is 2.44. The number of carbonyl (C=O) groups is 3. The van der Waals surface area contributed by atoms with Crippen LogP contribution in [-0.2, 0) is 20.7 Å². The number of hydrogen-bond acceptors (Lipinski definition) is 5. The van der Waals surface area contributed by atoms with Crippen molar-refractivity contribution in [1.29, 1.82) is 0 Å². The standard InChI is InChI=1S/C32H34ClN3O6/c1-41-19-28(34-30(38)42-18-27-25-9-4-2-7-23(25)24-8-3-5-10-26(24)27)29(37)35-32(15-6-16-36(20-32)31(39)40)17-21-11-13-22(33)14-12-21/h2-5,7-14,27-28H,6,15-20H2,1H3,(H,34,38)(H,35,37)(H,39,40)/t28?,32-/m1/s1. The van der Waals surface area contributed by atoms with Crippen LogP contribution in [0.3, 0.4) is 0 Å². The number of nitrogens with one attached hydrogen (secondary N) is 2. The summed E-state index contributed by atoms with van der Waals surface area (Å²) in [5.41, 5.74) is 4.43. The molecule has 2 aliphatic rings. The molecule has 3 aromatic rings. The summed E-state index contributed by atoms with van der Waals surface area (Å²) in [6.07, 6.45) is -0.249. The minimum Gasteiger partial charge on any atom is -0.465 e. The Hall–Kier alpha value is -4.08. The molecular weight excluding hydrogens is 558 g/mol. The number of amides is 3. The quantitative estimate of drug-likeness (QED) is 0.320. The average Bonchev–Trinajstić information content (AvgIpc) is 3.30. The molecule has 1 aliphatic carbocycles. The highest BCUT2D eigenvalue weighted by molar-refractivity contribution is 6.30. The van der Waals surface area contributed by atoms with Crippen LogP contribution in [0.5, 0.6) is 0 Å². The summed E-state index contributed by atoms with van der Waals surface area (Å²) in [4.78, 5) is 39.7. The minimum absolute atomic E-state index is 0.0876. The molecule has 5 rings (SSSR count). The molecule has 3 N–H and O–H groups in total. The number of alkyl carbamates (subject to hydrolysis) is 1. The average molecular weight is 592 g/mol. The second-order valence-electron chi connectivity index (χ2n) is 10.9. The molecule has 1 unspecified atom stereocenters. The van der Waals surface area contributed by atoms with Gasteiger partial charge in [0.1, 0.15) is 12.6 Å². The number of carbonyl (C=O) groups excluding carboxylic acids is 2. The molecule has 0 spiro atoms. The van der Waals surface area contributed by atoms with Gasteiger partial charge in [-0.2, -0.15) is 0 Å². The lowest BCUT2D eigenvalue weighted by atomic mass is 9.82. The van der Waals surface area contributed by atoms with Gasteiger partial charge >= 0.3 is 12.2 Å². The zero-order chi connectivity index (χ0) is 29.7. The zero-order valence-corrected chi connectivity index (χ0v) is 24.1. The number of piperidine rings is 1. The molecule has 1 saturated heterocycles. The molecule has 3 amide bonds. The Labute approximate surface area is 249 Å². The molecular formula is C32H34ClN3O6. The van der Waals surface area contributed by atoms with Crippen LogP contribution >= 0.6 is 11.6 Å². The van der Waals surface area contributed by atoms with Crippen LogP contribution in [0.4, 0.5) is 9.59 Å². The summed E-state index contributed by atoms with van der Waals surface area (Å²) in [6, 6.07) is 22.3. The summed E-state index contributed by atoms with van der Waals surface area (Å²) >= 11 is 6.06. The monoisotopic (exact) mass is 591 g/mol. The predicted molar refractivity (Wildman–Crippen MR) is 159 cm³/mol. The predicted octanol–water partition coefficient (Wildman–Crippen LogP) is 5.07. The second-order valence-corrected chi connectivity index (χ2v) is 11.3. The number of benzene rings is 3. The number of rotatable bonds is 9.